The molecule has 1 amide bonds. The summed E-state index contributed by atoms with van der Waals surface area (Å²) >= 11 is 1.34. The molecule has 1 fully saturated rings. The van der Waals surface area contributed by atoms with Gasteiger partial charge < -0.3 is 10.1 Å². The zero-order valence-corrected chi connectivity index (χ0v) is 15.9. The van der Waals surface area contributed by atoms with Crippen molar-refractivity contribution in [2.75, 3.05) is 17.7 Å². The Kier molecular flexibility index (Phi) is 7.02. The molecule has 0 saturated carbocycles. The third kappa shape index (κ3) is 5.54. The van der Waals surface area contributed by atoms with Gasteiger partial charge in [0.05, 0.1) is 18.4 Å². The number of nitrogens with one attached hydrogen (secondary N) is 1. The lowest BCUT2D eigenvalue weighted by atomic mass is 10.1. The maximum absolute atomic E-state index is 12.2. The molecule has 1 aliphatic rings. The number of ether oxygens (including phenoxy) is 1. The third-order valence-corrected chi connectivity index (χ3v) is 5.25. The topological polar surface area (TPSA) is 81.9 Å². The lowest BCUT2D eigenvalue weighted by Crippen LogP contribution is -2.18. The molecular formula is C18H25N5O2S. The molecule has 26 heavy (non-hydrogen) atoms. The van der Waals surface area contributed by atoms with Crippen LogP contribution in [0.15, 0.2) is 29.4 Å². The lowest BCUT2D eigenvalue weighted by molar-refractivity contribution is -0.113. The van der Waals surface area contributed by atoms with E-state index in [0.717, 1.165) is 31.6 Å². The van der Waals surface area contributed by atoms with E-state index < -0.39 is 0 Å². The first kappa shape index (κ1) is 18.8. The number of amides is 1. The van der Waals surface area contributed by atoms with E-state index >= 15 is 0 Å². The molecular weight excluding hydrogens is 350 g/mol. The van der Waals surface area contributed by atoms with Crippen molar-refractivity contribution in [3.63, 3.8) is 0 Å². The highest BCUT2D eigenvalue weighted by Gasteiger charge is 2.19. The summed E-state index contributed by atoms with van der Waals surface area (Å²) in [5.74, 6) is 0.201. The van der Waals surface area contributed by atoms with Crippen LogP contribution in [0.25, 0.3) is 0 Å². The average Bonchev–Trinajstić information content (AvgIpc) is 3.32. The second-order valence-corrected chi connectivity index (χ2v) is 7.36. The number of hydrogen-bond acceptors (Lipinski definition) is 6. The predicted octanol–water partition coefficient (Wildman–Crippen LogP) is 2.93. The van der Waals surface area contributed by atoms with Gasteiger partial charge in [-0.25, -0.2) is 4.68 Å². The van der Waals surface area contributed by atoms with Crippen LogP contribution in [0.5, 0.6) is 0 Å². The molecule has 2 aromatic rings. The monoisotopic (exact) mass is 375 g/mol. The number of anilines is 1. The van der Waals surface area contributed by atoms with Crippen LogP contribution >= 0.6 is 11.8 Å². The molecule has 1 aromatic carbocycles. The Labute approximate surface area is 157 Å². The number of rotatable bonds is 9. The fraction of sp³-hybridized carbons (Fsp3) is 0.556. The van der Waals surface area contributed by atoms with Crippen molar-refractivity contribution < 1.29 is 9.53 Å². The van der Waals surface area contributed by atoms with E-state index in [1.54, 1.807) is 4.68 Å². The second kappa shape index (κ2) is 9.68. The quantitative estimate of drug-likeness (QED) is 0.679. The van der Waals surface area contributed by atoms with Gasteiger partial charge in [0.25, 0.3) is 0 Å². The minimum atomic E-state index is -0.0667. The Bertz CT molecular complexity index is 698. The van der Waals surface area contributed by atoms with E-state index in [4.69, 9.17) is 4.74 Å². The van der Waals surface area contributed by atoms with Crippen molar-refractivity contribution in [3.05, 3.63) is 29.8 Å². The van der Waals surface area contributed by atoms with Crippen LogP contribution in [0.2, 0.25) is 0 Å². The van der Waals surface area contributed by atoms with Crippen molar-refractivity contribution >= 4 is 23.4 Å². The minimum Gasteiger partial charge on any atom is -0.376 e. The first-order chi connectivity index (χ1) is 12.7. The van der Waals surface area contributed by atoms with Crippen LogP contribution in [0.4, 0.5) is 5.69 Å². The van der Waals surface area contributed by atoms with Crippen LogP contribution in [0.3, 0.4) is 0 Å². The van der Waals surface area contributed by atoms with Gasteiger partial charge in [-0.05, 0) is 53.8 Å². The molecule has 1 atom stereocenters. The number of unbranched alkanes of at least 4 members (excludes halogenated alkanes) is 1. The van der Waals surface area contributed by atoms with Crippen molar-refractivity contribution in [3.8, 4) is 0 Å². The summed E-state index contributed by atoms with van der Waals surface area (Å²) in [7, 11) is 0. The molecule has 1 aromatic heterocycles. The number of aromatic nitrogens is 4. The zero-order valence-electron chi connectivity index (χ0n) is 15.1. The number of tetrazole rings is 1. The molecule has 0 aliphatic carbocycles. The Morgan fingerprint density at radius 2 is 2.23 bits per heavy atom. The highest BCUT2D eigenvalue weighted by Crippen LogP contribution is 2.19. The van der Waals surface area contributed by atoms with Crippen LogP contribution in [0.1, 0.15) is 38.2 Å². The average molecular weight is 375 g/mol. The minimum absolute atomic E-state index is 0.0667. The molecule has 0 bridgehead atoms. The normalized spacial score (nSPS) is 16.7. The predicted molar refractivity (Wildman–Crippen MR) is 101 cm³/mol. The Balaban J connectivity index is 1.46. The van der Waals surface area contributed by atoms with Crippen LogP contribution in [0, 0.1) is 0 Å². The van der Waals surface area contributed by atoms with Gasteiger partial charge in [-0.3, -0.25) is 4.79 Å². The molecule has 8 heteroatoms. The number of carbonyl (C=O) groups excluding carboxylic acids is 1. The molecule has 3 rings (SSSR count). The van der Waals surface area contributed by atoms with Gasteiger partial charge in [0.1, 0.15) is 0 Å². The molecule has 1 aliphatic heterocycles. The summed E-state index contributed by atoms with van der Waals surface area (Å²) in [4.78, 5) is 12.2. The van der Waals surface area contributed by atoms with Crippen LogP contribution < -0.4 is 5.32 Å². The third-order valence-electron chi connectivity index (χ3n) is 4.29. The lowest BCUT2D eigenvalue weighted by Gasteiger charge is -2.10. The molecule has 7 nitrogen and oxygen atoms in total. The number of aryl methyl sites for hydroxylation is 1. The summed E-state index contributed by atoms with van der Waals surface area (Å²) < 4.78 is 7.33. The fourth-order valence-corrected chi connectivity index (χ4v) is 3.55. The summed E-state index contributed by atoms with van der Waals surface area (Å²) in [5, 5.41) is 15.3. The number of hydrogen-bond donors (Lipinski definition) is 1. The first-order valence-electron chi connectivity index (χ1n) is 9.14. The van der Waals surface area contributed by atoms with Crippen LogP contribution in [-0.4, -0.2) is 44.6 Å². The standard InChI is InChI=1S/C18H25N5O2S/c1-2-3-5-14-7-9-15(10-8-14)19-17(24)13-26-18-20-21-22-23(18)12-16-6-4-11-25-16/h7-10,16H,2-6,11-13H2,1H3,(H,19,24). The van der Waals surface area contributed by atoms with E-state index in [9.17, 15) is 4.79 Å². The molecule has 1 saturated heterocycles. The van der Waals surface area contributed by atoms with Gasteiger partial charge in [-0.1, -0.05) is 37.2 Å². The SMILES string of the molecule is CCCCc1ccc(NC(=O)CSc2nnnn2CC2CCCO2)cc1. The largest absolute Gasteiger partial charge is 0.376 e. The Morgan fingerprint density at radius 3 is 2.96 bits per heavy atom. The first-order valence-corrected chi connectivity index (χ1v) is 10.1. The van der Waals surface area contributed by atoms with E-state index in [1.165, 1.54) is 30.2 Å². The van der Waals surface area contributed by atoms with Gasteiger partial charge in [0.2, 0.25) is 11.1 Å². The van der Waals surface area contributed by atoms with Gasteiger partial charge in [0, 0.05) is 12.3 Å². The maximum atomic E-state index is 12.2. The fourth-order valence-electron chi connectivity index (χ4n) is 2.86. The zero-order chi connectivity index (χ0) is 18.2. The van der Waals surface area contributed by atoms with Crippen molar-refractivity contribution in [1.29, 1.82) is 0 Å². The van der Waals surface area contributed by atoms with Crippen molar-refractivity contribution in [1.82, 2.24) is 20.2 Å². The van der Waals surface area contributed by atoms with Gasteiger partial charge >= 0.3 is 0 Å². The maximum Gasteiger partial charge on any atom is 0.234 e. The highest BCUT2D eigenvalue weighted by atomic mass is 32.2. The second-order valence-electron chi connectivity index (χ2n) is 6.42. The Hall–Kier alpha value is -1.93. The van der Waals surface area contributed by atoms with E-state index in [2.05, 4.69) is 39.9 Å². The number of benzene rings is 1. The molecule has 0 spiro atoms. The van der Waals surface area contributed by atoms with Crippen molar-refractivity contribution in [2.24, 2.45) is 0 Å². The molecule has 1 unspecified atom stereocenters. The summed E-state index contributed by atoms with van der Waals surface area (Å²) in [6.45, 7) is 3.62. The number of nitrogens with zero attached hydrogens (tertiary/aromatic N) is 4. The number of carbonyl (C=O) groups is 1. The van der Waals surface area contributed by atoms with E-state index in [1.807, 2.05) is 12.1 Å². The van der Waals surface area contributed by atoms with E-state index in [-0.39, 0.29) is 17.8 Å². The van der Waals surface area contributed by atoms with E-state index in [0.29, 0.717) is 11.7 Å². The summed E-state index contributed by atoms with van der Waals surface area (Å²) in [6, 6.07) is 8.05. The number of thioether (sulfide) groups is 1. The molecule has 2 heterocycles. The molecule has 140 valence electrons. The summed E-state index contributed by atoms with van der Waals surface area (Å²) in [5.41, 5.74) is 2.11. The van der Waals surface area contributed by atoms with Crippen molar-refractivity contribution in [2.45, 2.75) is 56.8 Å². The van der Waals surface area contributed by atoms with Gasteiger partial charge in [0.15, 0.2) is 0 Å². The van der Waals surface area contributed by atoms with Gasteiger partial charge in [-0.15, -0.1) is 5.10 Å². The Morgan fingerprint density at radius 1 is 1.38 bits per heavy atom. The van der Waals surface area contributed by atoms with Gasteiger partial charge in [-0.2, -0.15) is 0 Å². The molecule has 0 radical (unpaired) electrons. The highest BCUT2D eigenvalue weighted by molar-refractivity contribution is 7.99. The molecule has 1 N–H and O–H groups in total. The summed E-state index contributed by atoms with van der Waals surface area (Å²) in [6.07, 6.45) is 5.71. The smallest absolute Gasteiger partial charge is 0.234 e. The van der Waals surface area contributed by atoms with Crippen LogP contribution in [-0.2, 0) is 22.5 Å².